The number of hydrogen-bond donors (Lipinski definition) is 2. The Kier molecular flexibility index (Phi) is 7.79. The second-order valence-electron chi connectivity index (χ2n) is 13.3. The lowest BCUT2D eigenvalue weighted by atomic mass is 9.45. The molecule has 0 aliphatic heterocycles. The first-order valence-corrected chi connectivity index (χ1v) is 14.5. The van der Waals surface area contributed by atoms with Crippen LogP contribution in [-0.2, 0) is 4.74 Å². The van der Waals surface area contributed by atoms with Crippen LogP contribution in [0.4, 0.5) is 0 Å². The third kappa shape index (κ3) is 4.37. The number of aliphatic hydroxyl groups is 2. The summed E-state index contributed by atoms with van der Waals surface area (Å²) in [5, 5.41) is 22.7. The van der Waals surface area contributed by atoms with Crippen LogP contribution in [0.2, 0.25) is 0 Å². The van der Waals surface area contributed by atoms with E-state index >= 15 is 0 Å². The maximum absolute atomic E-state index is 12.2. The molecule has 0 heterocycles. The Balaban J connectivity index is 1.64. The van der Waals surface area contributed by atoms with Crippen molar-refractivity contribution in [3.63, 3.8) is 0 Å². The smallest absolute Gasteiger partial charge is 0.105 e. The highest BCUT2D eigenvalue weighted by Gasteiger charge is 2.65. The van der Waals surface area contributed by atoms with E-state index in [9.17, 15) is 10.2 Å². The first-order chi connectivity index (χ1) is 16.1. The lowest BCUT2D eigenvalue weighted by molar-refractivity contribution is -0.221. The second kappa shape index (κ2) is 10.0. The van der Waals surface area contributed by atoms with Gasteiger partial charge in [0.15, 0.2) is 0 Å². The minimum atomic E-state index is -0.967. The first kappa shape index (κ1) is 26.4. The van der Waals surface area contributed by atoms with E-state index in [4.69, 9.17) is 4.74 Å². The van der Waals surface area contributed by atoms with E-state index in [1.165, 1.54) is 25.7 Å². The molecule has 0 bridgehead atoms. The van der Waals surface area contributed by atoms with Gasteiger partial charge in [-0.25, -0.2) is 0 Å². The summed E-state index contributed by atoms with van der Waals surface area (Å²) in [4.78, 5) is 0. The molecule has 34 heavy (non-hydrogen) atoms. The standard InChI is InChI=1S/C31H52O3/c1-7-8-18-34-28-19-24-26-13-12-25(22(4)11-9-10-21(2)3)29(26,5)16-15-27(24)30(6)17-14-23(32)20-31(28,30)33/h9,11,19,21-23,25-28,32-33H,7-8,10,12-18,20H2,1-6H3/b11-9+/t22-,23+,25+,26-,27+,28-,29-,30-,31+/m1/s1. The van der Waals surface area contributed by atoms with Crippen molar-refractivity contribution in [2.24, 2.45) is 40.4 Å². The third-order valence-electron chi connectivity index (χ3n) is 10.8. The van der Waals surface area contributed by atoms with Gasteiger partial charge in [0.25, 0.3) is 0 Å². The van der Waals surface area contributed by atoms with Gasteiger partial charge < -0.3 is 14.9 Å². The van der Waals surface area contributed by atoms with Crippen LogP contribution in [0.1, 0.15) is 106 Å². The fourth-order valence-electron chi connectivity index (χ4n) is 8.67. The molecule has 9 atom stereocenters. The van der Waals surface area contributed by atoms with Gasteiger partial charge in [-0.1, -0.05) is 71.8 Å². The predicted octanol–water partition coefficient (Wildman–Crippen LogP) is 7.07. The molecule has 0 aromatic rings. The van der Waals surface area contributed by atoms with E-state index in [0.29, 0.717) is 36.2 Å². The van der Waals surface area contributed by atoms with Crippen molar-refractivity contribution >= 4 is 0 Å². The zero-order chi connectivity index (χ0) is 24.7. The lowest BCUT2D eigenvalue weighted by Gasteiger charge is -2.62. The molecule has 194 valence electrons. The summed E-state index contributed by atoms with van der Waals surface area (Å²) in [5.74, 6) is 3.08. The van der Waals surface area contributed by atoms with Crippen LogP contribution in [0.15, 0.2) is 23.8 Å². The van der Waals surface area contributed by atoms with Crippen LogP contribution < -0.4 is 0 Å². The largest absolute Gasteiger partial charge is 0.393 e. The highest BCUT2D eigenvalue weighted by molar-refractivity contribution is 5.33. The van der Waals surface area contributed by atoms with Crippen molar-refractivity contribution in [2.45, 2.75) is 124 Å². The third-order valence-corrected chi connectivity index (χ3v) is 10.8. The summed E-state index contributed by atoms with van der Waals surface area (Å²) in [6.45, 7) is 14.8. The first-order valence-electron chi connectivity index (χ1n) is 14.5. The summed E-state index contributed by atoms with van der Waals surface area (Å²) >= 11 is 0. The van der Waals surface area contributed by atoms with E-state index in [2.05, 4.69) is 59.8 Å². The van der Waals surface area contributed by atoms with Crippen LogP contribution in [0.5, 0.6) is 0 Å². The van der Waals surface area contributed by atoms with Crippen molar-refractivity contribution in [3.8, 4) is 0 Å². The van der Waals surface area contributed by atoms with Gasteiger partial charge in [-0.15, -0.1) is 0 Å². The Morgan fingerprint density at radius 1 is 1.09 bits per heavy atom. The Morgan fingerprint density at radius 3 is 2.56 bits per heavy atom. The van der Waals surface area contributed by atoms with Gasteiger partial charge in [0, 0.05) is 18.4 Å². The molecule has 4 aliphatic carbocycles. The van der Waals surface area contributed by atoms with Crippen molar-refractivity contribution in [1.82, 2.24) is 0 Å². The summed E-state index contributed by atoms with van der Waals surface area (Å²) in [7, 11) is 0. The van der Waals surface area contributed by atoms with Crippen LogP contribution in [0.3, 0.4) is 0 Å². The van der Waals surface area contributed by atoms with Crippen molar-refractivity contribution in [3.05, 3.63) is 23.8 Å². The molecule has 3 fully saturated rings. The molecular formula is C31H52O3. The Bertz CT molecular complexity index is 771. The molecule has 0 aromatic heterocycles. The number of aliphatic hydroxyl groups excluding tert-OH is 1. The van der Waals surface area contributed by atoms with Crippen LogP contribution in [0.25, 0.3) is 0 Å². The van der Waals surface area contributed by atoms with E-state index in [1.54, 1.807) is 5.57 Å². The van der Waals surface area contributed by atoms with E-state index in [0.717, 1.165) is 43.9 Å². The number of hydrogen-bond acceptors (Lipinski definition) is 3. The van der Waals surface area contributed by atoms with E-state index in [1.807, 2.05) is 0 Å². The SMILES string of the molecule is CCCCO[C@@H]1C=C2[C@H]3CC[C@@H]([C@H](C)/C=C/CC(C)C)[C@@]3(C)CC[C@@H]2[C@@]2(C)CC[C@H](O)C[C@]12O. The molecule has 0 amide bonds. The van der Waals surface area contributed by atoms with Crippen LogP contribution in [0, 0.1) is 40.4 Å². The fraction of sp³-hybridized carbons (Fsp3) is 0.871. The molecule has 4 rings (SSSR count). The molecule has 0 saturated heterocycles. The van der Waals surface area contributed by atoms with E-state index < -0.39 is 11.7 Å². The van der Waals surface area contributed by atoms with Crippen molar-refractivity contribution in [2.75, 3.05) is 6.61 Å². The molecular weight excluding hydrogens is 420 g/mol. The highest BCUT2D eigenvalue weighted by atomic mass is 16.5. The van der Waals surface area contributed by atoms with Gasteiger partial charge in [-0.05, 0) is 86.4 Å². The molecule has 0 aromatic carbocycles. The normalized spacial score (nSPS) is 45.1. The zero-order valence-electron chi connectivity index (χ0n) is 22.9. The molecule has 3 nitrogen and oxygen atoms in total. The minimum absolute atomic E-state index is 0.213. The number of allylic oxidation sites excluding steroid dienone is 3. The lowest BCUT2D eigenvalue weighted by Crippen LogP contribution is -2.66. The van der Waals surface area contributed by atoms with Gasteiger partial charge in [0.2, 0.25) is 0 Å². The molecule has 0 radical (unpaired) electrons. The minimum Gasteiger partial charge on any atom is -0.393 e. The Labute approximate surface area is 209 Å². The maximum Gasteiger partial charge on any atom is 0.105 e. The average molecular weight is 473 g/mol. The Morgan fingerprint density at radius 2 is 1.85 bits per heavy atom. The fourth-order valence-corrected chi connectivity index (χ4v) is 8.67. The maximum atomic E-state index is 12.2. The molecule has 3 saturated carbocycles. The van der Waals surface area contributed by atoms with Crippen LogP contribution >= 0.6 is 0 Å². The zero-order valence-corrected chi connectivity index (χ0v) is 22.9. The number of fused-ring (bicyclic) bond motifs is 5. The highest BCUT2D eigenvalue weighted by Crippen LogP contribution is 2.67. The molecule has 3 heteroatoms. The van der Waals surface area contributed by atoms with Crippen LogP contribution in [-0.4, -0.2) is 34.6 Å². The molecule has 4 aliphatic rings. The van der Waals surface area contributed by atoms with Gasteiger partial charge >= 0.3 is 0 Å². The number of rotatable bonds is 8. The van der Waals surface area contributed by atoms with Gasteiger partial charge in [0.1, 0.15) is 11.7 Å². The van der Waals surface area contributed by atoms with E-state index in [-0.39, 0.29) is 11.5 Å². The number of ether oxygens (including phenoxy) is 1. The Hall–Kier alpha value is -0.640. The topological polar surface area (TPSA) is 49.7 Å². The summed E-state index contributed by atoms with van der Waals surface area (Å²) in [5.41, 5.74) is 0.748. The van der Waals surface area contributed by atoms with Gasteiger partial charge in [0.05, 0.1) is 6.10 Å². The van der Waals surface area contributed by atoms with Crippen molar-refractivity contribution in [1.29, 1.82) is 0 Å². The summed E-state index contributed by atoms with van der Waals surface area (Å²) < 4.78 is 6.44. The van der Waals surface area contributed by atoms with Gasteiger partial charge in [-0.2, -0.15) is 0 Å². The summed E-state index contributed by atoms with van der Waals surface area (Å²) in [6, 6.07) is 0. The second-order valence-corrected chi connectivity index (χ2v) is 13.3. The molecule has 0 unspecified atom stereocenters. The number of unbranched alkanes of at least 4 members (excludes halogenated alkanes) is 1. The monoisotopic (exact) mass is 472 g/mol. The average Bonchev–Trinajstić information content (AvgIpc) is 3.12. The van der Waals surface area contributed by atoms with Gasteiger partial charge in [-0.3, -0.25) is 0 Å². The van der Waals surface area contributed by atoms with Crippen molar-refractivity contribution < 1.29 is 14.9 Å². The predicted molar refractivity (Wildman–Crippen MR) is 140 cm³/mol. The quantitative estimate of drug-likeness (QED) is 0.293. The molecule has 0 spiro atoms. The molecule has 2 N–H and O–H groups in total. The summed E-state index contributed by atoms with van der Waals surface area (Å²) in [6.07, 6.45) is 17.0.